The van der Waals surface area contributed by atoms with Crippen molar-refractivity contribution >= 4 is 0 Å². The molecular weight excluding hydrogens is 258 g/mol. The van der Waals surface area contributed by atoms with E-state index in [2.05, 4.69) is 36.9 Å². The molecule has 21 heavy (non-hydrogen) atoms. The predicted octanol–water partition coefficient (Wildman–Crippen LogP) is 4.20. The lowest BCUT2D eigenvalue weighted by molar-refractivity contribution is 0.215. The van der Waals surface area contributed by atoms with Crippen LogP contribution in [0, 0.1) is 11.8 Å². The van der Waals surface area contributed by atoms with Crippen LogP contribution in [-0.4, -0.2) is 22.6 Å². The number of imidazole rings is 1. The normalized spacial score (nSPS) is 26.1. The van der Waals surface area contributed by atoms with Crippen LogP contribution in [0.15, 0.2) is 12.4 Å². The Kier molecular flexibility index (Phi) is 6.75. The zero-order valence-electron chi connectivity index (χ0n) is 14.1. The Morgan fingerprint density at radius 2 is 2.10 bits per heavy atom. The lowest BCUT2D eigenvalue weighted by Gasteiger charge is -2.36. The zero-order chi connectivity index (χ0) is 15.1. The third kappa shape index (κ3) is 4.32. The molecule has 1 aliphatic carbocycles. The van der Waals surface area contributed by atoms with E-state index in [4.69, 9.17) is 4.98 Å². The first kappa shape index (κ1) is 16.5. The van der Waals surface area contributed by atoms with Gasteiger partial charge in [0.15, 0.2) is 0 Å². The van der Waals surface area contributed by atoms with Crippen LogP contribution in [-0.2, 0) is 6.54 Å². The molecule has 3 heteroatoms. The van der Waals surface area contributed by atoms with Crippen molar-refractivity contribution in [3.05, 3.63) is 18.2 Å². The van der Waals surface area contributed by atoms with Gasteiger partial charge in [-0.1, -0.05) is 33.6 Å². The fourth-order valence-electron chi connectivity index (χ4n) is 3.80. The fourth-order valence-corrected chi connectivity index (χ4v) is 3.80. The summed E-state index contributed by atoms with van der Waals surface area (Å²) in [6.07, 6.45) is 12.0. The third-order valence-electron chi connectivity index (χ3n) is 5.06. The maximum absolute atomic E-state index is 4.74. The van der Waals surface area contributed by atoms with E-state index in [0.29, 0.717) is 5.92 Å². The highest BCUT2D eigenvalue weighted by atomic mass is 15.1. The van der Waals surface area contributed by atoms with Gasteiger partial charge in [-0.05, 0) is 50.6 Å². The molecule has 1 saturated carbocycles. The van der Waals surface area contributed by atoms with Gasteiger partial charge in [0.05, 0.1) is 0 Å². The molecule has 3 atom stereocenters. The number of nitrogens with one attached hydrogen (secondary N) is 1. The molecule has 120 valence electrons. The predicted molar refractivity (Wildman–Crippen MR) is 89.5 cm³/mol. The summed E-state index contributed by atoms with van der Waals surface area (Å²) in [4.78, 5) is 4.74. The molecule has 0 spiro atoms. The molecule has 1 aromatic rings. The second-order valence-electron chi connectivity index (χ2n) is 6.64. The van der Waals surface area contributed by atoms with Crippen molar-refractivity contribution in [2.75, 3.05) is 13.1 Å². The molecule has 0 amide bonds. The highest BCUT2D eigenvalue weighted by molar-refractivity contribution is 5.05. The monoisotopic (exact) mass is 291 g/mol. The van der Waals surface area contributed by atoms with Crippen LogP contribution >= 0.6 is 0 Å². The first-order valence-electron chi connectivity index (χ1n) is 9.01. The van der Waals surface area contributed by atoms with Crippen LogP contribution in [0.25, 0.3) is 0 Å². The van der Waals surface area contributed by atoms with E-state index >= 15 is 0 Å². The van der Waals surface area contributed by atoms with Crippen LogP contribution in [0.3, 0.4) is 0 Å². The van der Waals surface area contributed by atoms with Gasteiger partial charge in [-0.15, -0.1) is 0 Å². The second-order valence-corrected chi connectivity index (χ2v) is 6.64. The first-order chi connectivity index (χ1) is 10.3. The fraction of sp³-hybridized carbons (Fsp3) is 0.833. The van der Waals surface area contributed by atoms with Gasteiger partial charge < -0.3 is 9.88 Å². The van der Waals surface area contributed by atoms with Gasteiger partial charge in [-0.2, -0.15) is 0 Å². The number of rotatable bonds is 8. The lowest BCUT2D eigenvalue weighted by Crippen LogP contribution is -2.33. The van der Waals surface area contributed by atoms with Crippen molar-refractivity contribution in [3.63, 3.8) is 0 Å². The first-order valence-corrected chi connectivity index (χ1v) is 9.01. The van der Waals surface area contributed by atoms with Crippen molar-refractivity contribution in [3.8, 4) is 0 Å². The average Bonchev–Trinajstić information content (AvgIpc) is 2.96. The van der Waals surface area contributed by atoms with Gasteiger partial charge in [0.25, 0.3) is 0 Å². The Hall–Kier alpha value is -0.830. The highest BCUT2D eigenvalue weighted by Crippen LogP contribution is 2.41. The van der Waals surface area contributed by atoms with Crippen molar-refractivity contribution in [2.45, 2.75) is 71.8 Å². The van der Waals surface area contributed by atoms with E-state index < -0.39 is 0 Å². The standard InChI is InChI=1S/C18H33N3/c1-4-9-19-14-16-8-7-15(6-3)13-17(16)18-20-10-12-21(18)11-5-2/h10,12,15-17,19H,4-9,11,13-14H2,1-3H3. The van der Waals surface area contributed by atoms with E-state index in [1.165, 1.54) is 44.3 Å². The summed E-state index contributed by atoms with van der Waals surface area (Å²) >= 11 is 0. The summed E-state index contributed by atoms with van der Waals surface area (Å²) in [5.41, 5.74) is 0. The number of aromatic nitrogens is 2. The summed E-state index contributed by atoms with van der Waals surface area (Å²) in [5, 5.41) is 3.64. The summed E-state index contributed by atoms with van der Waals surface area (Å²) < 4.78 is 2.40. The number of nitrogens with zero attached hydrogens (tertiary/aromatic N) is 2. The summed E-state index contributed by atoms with van der Waals surface area (Å²) in [7, 11) is 0. The van der Waals surface area contributed by atoms with Gasteiger partial charge in [0.1, 0.15) is 5.82 Å². The molecule has 0 aromatic carbocycles. The van der Waals surface area contributed by atoms with E-state index in [9.17, 15) is 0 Å². The Labute approximate surface area is 130 Å². The Bertz CT molecular complexity index is 397. The molecule has 0 radical (unpaired) electrons. The minimum Gasteiger partial charge on any atom is -0.335 e. The van der Waals surface area contributed by atoms with Crippen LogP contribution in [0.2, 0.25) is 0 Å². The zero-order valence-corrected chi connectivity index (χ0v) is 14.1. The van der Waals surface area contributed by atoms with E-state index in [1.54, 1.807) is 0 Å². The third-order valence-corrected chi connectivity index (χ3v) is 5.06. The van der Waals surface area contributed by atoms with Gasteiger partial charge >= 0.3 is 0 Å². The van der Waals surface area contributed by atoms with Crippen LogP contribution in [0.4, 0.5) is 0 Å². The minimum absolute atomic E-state index is 0.648. The minimum atomic E-state index is 0.648. The van der Waals surface area contributed by atoms with Gasteiger partial charge in [0.2, 0.25) is 0 Å². The highest BCUT2D eigenvalue weighted by Gasteiger charge is 2.33. The van der Waals surface area contributed by atoms with Crippen molar-refractivity contribution in [1.29, 1.82) is 0 Å². The number of hydrogen-bond acceptors (Lipinski definition) is 2. The van der Waals surface area contributed by atoms with Crippen molar-refractivity contribution in [2.24, 2.45) is 11.8 Å². The summed E-state index contributed by atoms with van der Waals surface area (Å²) in [6.45, 7) is 10.2. The maximum atomic E-state index is 4.74. The maximum Gasteiger partial charge on any atom is 0.112 e. The quantitative estimate of drug-likeness (QED) is 0.727. The molecule has 0 saturated heterocycles. The Morgan fingerprint density at radius 1 is 1.24 bits per heavy atom. The summed E-state index contributed by atoms with van der Waals surface area (Å²) in [6, 6.07) is 0. The van der Waals surface area contributed by atoms with Gasteiger partial charge in [-0.3, -0.25) is 0 Å². The molecule has 3 unspecified atom stereocenters. The molecule has 1 N–H and O–H groups in total. The molecule has 3 nitrogen and oxygen atoms in total. The van der Waals surface area contributed by atoms with Gasteiger partial charge in [-0.25, -0.2) is 4.98 Å². The summed E-state index contributed by atoms with van der Waals surface area (Å²) in [5.74, 6) is 3.65. The molecular formula is C18H33N3. The molecule has 1 heterocycles. The Morgan fingerprint density at radius 3 is 2.81 bits per heavy atom. The van der Waals surface area contributed by atoms with Crippen molar-refractivity contribution in [1.82, 2.24) is 14.9 Å². The van der Waals surface area contributed by atoms with Crippen LogP contribution < -0.4 is 5.32 Å². The number of aryl methyl sites for hydroxylation is 1. The SMILES string of the molecule is CCCNCC1CCC(CC)CC1c1nccn1CCC. The topological polar surface area (TPSA) is 29.9 Å². The number of hydrogen-bond donors (Lipinski definition) is 1. The largest absolute Gasteiger partial charge is 0.335 e. The molecule has 1 aliphatic rings. The molecule has 0 aliphatic heterocycles. The van der Waals surface area contributed by atoms with E-state index in [0.717, 1.165) is 31.5 Å². The van der Waals surface area contributed by atoms with Gasteiger partial charge in [0, 0.05) is 24.9 Å². The van der Waals surface area contributed by atoms with Crippen molar-refractivity contribution < 1.29 is 0 Å². The molecule has 1 fully saturated rings. The van der Waals surface area contributed by atoms with Crippen LogP contribution in [0.1, 0.15) is 71.0 Å². The van der Waals surface area contributed by atoms with E-state index in [-0.39, 0.29) is 0 Å². The molecule has 1 aromatic heterocycles. The Balaban J connectivity index is 2.10. The second kappa shape index (κ2) is 8.57. The average molecular weight is 291 g/mol. The van der Waals surface area contributed by atoms with E-state index in [1.807, 2.05) is 6.20 Å². The van der Waals surface area contributed by atoms with Crippen LogP contribution in [0.5, 0.6) is 0 Å². The smallest absolute Gasteiger partial charge is 0.112 e. The molecule has 0 bridgehead atoms. The lowest BCUT2D eigenvalue weighted by atomic mass is 9.72. The molecule has 2 rings (SSSR count).